The summed E-state index contributed by atoms with van der Waals surface area (Å²) < 4.78 is 5.29. The van der Waals surface area contributed by atoms with Crippen LogP contribution in [0.25, 0.3) is 10.9 Å². The second kappa shape index (κ2) is 5.17. The van der Waals surface area contributed by atoms with E-state index in [1.165, 1.54) is 0 Å². The monoisotopic (exact) mass is 307 g/mol. The quantitative estimate of drug-likeness (QED) is 0.680. The number of nitrogens with one attached hydrogen (secondary N) is 3. The van der Waals surface area contributed by atoms with Crippen molar-refractivity contribution in [1.82, 2.24) is 4.98 Å². The van der Waals surface area contributed by atoms with Crippen molar-refractivity contribution in [3.63, 3.8) is 0 Å². The van der Waals surface area contributed by atoms with Gasteiger partial charge in [-0.25, -0.2) is 0 Å². The summed E-state index contributed by atoms with van der Waals surface area (Å²) in [4.78, 5) is 26.8. The van der Waals surface area contributed by atoms with Gasteiger partial charge in [-0.15, -0.1) is 0 Å². The highest BCUT2D eigenvalue weighted by Crippen LogP contribution is 2.30. The Morgan fingerprint density at radius 1 is 1.13 bits per heavy atom. The lowest BCUT2D eigenvalue weighted by atomic mass is 10.2. The second-order valence-electron chi connectivity index (χ2n) is 5.27. The zero-order valence-electron chi connectivity index (χ0n) is 12.1. The highest BCUT2D eigenvalue weighted by atomic mass is 16.5. The van der Waals surface area contributed by atoms with Crippen LogP contribution in [0.2, 0.25) is 0 Å². The van der Waals surface area contributed by atoms with Crippen LogP contribution < -0.4 is 15.4 Å². The molecule has 4 rings (SSSR count). The number of para-hydroxylation sites is 1. The molecule has 0 spiro atoms. The predicted octanol–water partition coefficient (Wildman–Crippen LogP) is 2.75. The third-order valence-electron chi connectivity index (χ3n) is 3.64. The van der Waals surface area contributed by atoms with E-state index in [4.69, 9.17) is 4.74 Å². The number of carbonyl (C=O) groups excluding carboxylic acids is 2. The van der Waals surface area contributed by atoms with Crippen LogP contribution in [-0.4, -0.2) is 23.4 Å². The molecule has 0 aliphatic carbocycles. The van der Waals surface area contributed by atoms with Gasteiger partial charge < -0.3 is 20.4 Å². The predicted molar refractivity (Wildman–Crippen MR) is 86.8 cm³/mol. The minimum Gasteiger partial charge on any atom is -0.482 e. The topological polar surface area (TPSA) is 83.2 Å². The highest BCUT2D eigenvalue weighted by Gasteiger charge is 2.17. The van der Waals surface area contributed by atoms with Crippen LogP contribution in [-0.2, 0) is 4.79 Å². The SMILES string of the molecule is O=C1COc2ccc(NC(=O)c3cc4ccccc4[nH]3)cc2N1. The molecule has 6 nitrogen and oxygen atoms in total. The van der Waals surface area contributed by atoms with Crippen LogP contribution >= 0.6 is 0 Å². The van der Waals surface area contributed by atoms with Crippen LogP contribution in [0.1, 0.15) is 10.5 Å². The summed E-state index contributed by atoms with van der Waals surface area (Å²) in [5.74, 6) is 0.133. The van der Waals surface area contributed by atoms with Gasteiger partial charge in [0, 0.05) is 16.6 Å². The lowest BCUT2D eigenvalue weighted by Gasteiger charge is -2.18. The fourth-order valence-electron chi connectivity index (χ4n) is 2.55. The number of aromatic nitrogens is 1. The molecule has 0 unspecified atom stereocenters. The van der Waals surface area contributed by atoms with Gasteiger partial charge in [0.25, 0.3) is 11.8 Å². The van der Waals surface area contributed by atoms with E-state index in [0.29, 0.717) is 22.8 Å². The molecule has 23 heavy (non-hydrogen) atoms. The van der Waals surface area contributed by atoms with Crippen LogP contribution in [0, 0.1) is 0 Å². The Hall–Kier alpha value is -3.28. The van der Waals surface area contributed by atoms with Gasteiger partial charge in [-0.2, -0.15) is 0 Å². The average Bonchev–Trinajstić information content (AvgIpc) is 2.98. The lowest BCUT2D eigenvalue weighted by Crippen LogP contribution is -2.25. The van der Waals surface area contributed by atoms with Gasteiger partial charge >= 0.3 is 0 Å². The van der Waals surface area contributed by atoms with Crippen molar-refractivity contribution in [3.05, 3.63) is 54.2 Å². The normalized spacial score (nSPS) is 13.1. The number of fused-ring (bicyclic) bond motifs is 2. The maximum Gasteiger partial charge on any atom is 0.272 e. The summed E-state index contributed by atoms with van der Waals surface area (Å²) in [6, 6.07) is 14.6. The van der Waals surface area contributed by atoms with Crippen molar-refractivity contribution in [2.45, 2.75) is 0 Å². The first-order valence-corrected chi connectivity index (χ1v) is 7.15. The minimum atomic E-state index is -0.246. The van der Waals surface area contributed by atoms with Crippen molar-refractivity contribution < 1.29 is 14.3 Å². The summed E-state index contributed by atoms with van der Waals surface area (Å²) >= 11 is 0. The molecule has 2 heterocycles. The molecule has 2 amide bonds. The van der Waals surface area contributed by atoms with Crippen molar-refractivity contribution in [3.8, 4) is 5.75 Å². The third-order valence-corrected chi connectivity index (χ3v) is 3.64. The Bertz CT molecular complexity index is 897. The van der Waals surface area contributed by atoms with Gasteiger partial charge in [0.1, 0.15) is 11.4 Å². The molecule has 0 saturated carbocycles. The molecule has 0 radical (unpaired) electrons. The number of hydrogen-bond donors (Lipinski definition) is 3. The zero-order chi connectivity index (χ0) is 15.8. The minimum absolute atomic E-state index is 0.00771. The summed E-state index contributed by atoms with van der Waals surface area (Å²) in [7, 11) is 0. The van der Waals surface area contributed by atoms with Gasteiger partial charge in [0.2, 0.25) is 0 Å². The van der Waals surface area contributed by atoms with Crippen molar-refractivity contribution in [2.24, 2.45) is 0 Å². The van der Waals surface area contributed by atoms with Crippen molar-refractivity contribution >= 4 is 34.1 Å². The highest BCUT2D eigenvalue weighted by molar-refractivity contribution is 6.06. The van der Waals surface area contributed by atoms with Crippen LogP contribution in [0.4, 0.5) is 11.4 Å². The largest absolute Gasteiger partial charge is 0.482 e. The first kappa shape index (κ1) is 13.4. The van der Waals surface area contributed by atoms with Gasteiger partial charge in [-0.3, -0.25) is 9.59 Å². The van der Waals surface area contributed by atoms with E-state index in [0.717, 1.165) is 10.9 Å². The Morgan fingerprint density at radius 2 is 2.00 bits per heavy atom. The van der Waals surface area contributed by atoms with E-state index in [1.54, 1.807) is 24.3 Å². The number of anilines is 2. The van der Waals surface area contributed by atoms with Gasteiger partial charge in [-0.05, 0) is 30.3 Å². The van der Waals surface area contributed by atoms with Gasteiger partial charge in [0.15, 0.2) is 6.61 Å². The average molecular weight is 307 g/mol. The molecule has 1 aromatic heterocycles. The lowest BCUT2D eigenvalue weighted by molar-refractivity contribution is -0.118. The molecule has 114 valence electrons. The molecule has 0 saturated heterocycles. The van der Waals surface area contributed by atoms with Crippen LogP contribution in [0.3, 0.4) is 0 Å². The smallest absolute Gasteiger partial charge is 0.272 e. The molecule has 6 heteroatoms. The molecule has 0 bridgehead atoms. The number of rotatable bonds is 2. The number of H-pyrrole nitrogens is 1. The molecule has 0 fully saturated rings. The third kappa shape index (κ3) is 2.50. The van der Waals surface area contributed by atoms with E-state index in [9.17, 15) is 9.59 Å². The molecular formula is C17H13N3O3. The summed E-state index contributed by atoms with van der Waals surface area (Å²) in [5, 5.41) is 6.49. The van der Waals surface area contributed by atoms with Crippen LogP contribution in [0.5, 0.6) is 5.75 Å². The Morgan fingerprint density at radius 3 is 2.87 bits per heavy atom. The van der Waals surface area contributed by atoms with Gasteiger partial charge in [0.05, 0.1) is 5.69 Å². The Labute approximate surface area is 131 Å². The van der Waals surface area contributed by atoms with Crippen LogP contribution in [0.15, 0.2) is 48.5 Å². The fraction of sp³-hybridized carbons (Fsp3) is 0.0588. The molecule has 1 aliphatic rings. The molecule has 2 aromatic carbocycles. The first-order valence-electron chi connectivity index (χ1n) is 7.15. The maximum atomic E-state index is 12.4. The molecular weight excluding hydrogens is 294 g/mol. The van der Waals surface area contributed by atoms with E-state index >= 15 is 0 Å². The fourth-order valence-corrected chi connectivity index (χ4v) is 2.55. The van der Waals surface area contributed by atoms with E-state index in [-0.39, 0.29) is 18.4 Å². The Kier molecular flexibility index (Phi) is 3.01. The first-order chi connectivity index (χ1) is 11.2. The van der Waals surface area contributed by atoms with Crippen molar-refractivity contribution in [2.75, 3.05) is 17.2 Å². The number of ether oxygens (including phenoxy) is 1. The number of hydrogen-bond acceptors (Lipinski definition) is 3. The van der Waals surface area contributed by atoms with Crippen molar-refractivity contribution in [1.29, 1.82) is 0 Å². The number of aromatic amines is 1. The number of amides is 2. The maximum absolute atomic E-state index is 12.4. The summed E-state index contributed by atoms with van der Waals surface area (Å²) in [6.45, 7) is 0.00771. The van der Waals surface area contributed by atoms with Gasteiger partial charge in [-0.1, -0.05) is 18.2 Å². The molecule has 0 atom stereocenters. The number of benzene rings is 2. The van der Waals surface area contributed by atoms with E-state index in [2.05, 4.69) is 15.6 Å². The standard InChI is InChI=1S/C17H13N3O3/c21-16-9-23-15-6-5-11(8-13(15)20-16)18-17(22)14-7-10-3-1-2-4-12(10)19-14/h1-8,19H,9H2,(H,18,22)(H,20,21). The Balaban J connectivity index is 1.58. The molecule has 3 N–H and O–H groups in total. The molecule has 3 aromatic rings. The van der Waals surface area contributed by atoms with E-state index in [1.807, 2.05) is 24.3 Å². The molecule has 1 aliphatic heterocycles. The zero-order valence-corrected chi connectivity index (χ0v) is 12.1. The number of carbonyl (C=O) groups is 2. The summed E-state index contributed by atoms with van der Waals surface area (Å²) in [5.41, 5.74) is 2.52. The van der Waals surface area contributed by atoms with E-state index < -0.39 is 0 Å². The summed E-state index contributed by atoms with van der Waals surface area (Å²) in [6.07, 6.45) is 0. The second-order valence-corrected chi connectivity index (χ2v) is 5.27.